The van der Waals surface area contributed by atoms with Gasteiger partial charge in [0, 0.05) is 6.42 Å². The van der Waals surface area contributed by atoms with Crippen LogP contribution in [0.5, 0.6) is 0 Å². The lowest BCUT2D eigenvalue weighted by Crippen LogP contribution is -2.08. The van der Waals surface area contributed by atoms with Crippen molar-refractivity contribution in [3.8, 4) is 0 Å². The van der Waals surface area contributed by atoms with E-state index in [4.69, 9.17) is 5.11 Å². The quantitative estimate of drug-likeness (QED) is 0.742. The Morgan fingerprint density at radius 3 is 2.64 bits per heavy atom. The van der Waals surface area contributed by atoms with Crippen molar-refractivity contribution in [2.45, 2.75) is 23.8 Å². The van der Waals surface area contributed by atoms with Crippen molar-refractivity contribution in [3.05, 3.63) is 0 Å². The molecule has 1 rings (SSSR count). The van der Waals surface area contributed by atoms with Crippen molar-refractivity contribution < 1.29 is 9.90 Å². The summed E-state index contributed by atoms with van der Waals surface area (Å²) in [6.07, 6.45) is 2.42. The number of aliphatic carboxylic acids is 1. The van der Waals surface area contributed by atoms with E-state index in [-0.39, 0.29) is 0 Å². The van der Waals surface area contributed by atoms with E-state index < -0.39 is 5.97 Å². The van der Waals surface area contributed by atoms with Gasteiger partial charge in [-0.15, -0.1) is 23.5 Å². The van der Waals surface area contributed by atoms with Crippen LogP contribution in [0.3, 0.4) is 0 Å². The third-order valence-corrected chi connectivity index (χ3v) is 4.57. The number of carbonyl (C=O) groups is 1. The van der Waals surface area contributed by atoms with E-state index in [1.54, 1.807) is 0 Å². The molecule has 0 spiro atoms. The average molecular weight is 192 g/mol. The first-order valence-electron chi connectivity index (χ1n) is 3.74. The first kappa shape index (κ1) is 9.26. The molecular formula is C7H12O2S2. The van der Waals surface area contributed by atoms with Crippen LogP contribution < -0.4 is 0 Å². The van der Waals surface area contributed by atoms with Gasteiger partial charge >= 0.3 is 5.97 Å². The van der Waals surface area contributed by atoms with Gasteiger partial charge in [-0.1, -0.05) is 0 Å². The zero-order valence-electron chi connectivity index (χ0n) is 6.28. The summed E-state index contributed by atoms with van der Waals surface area (Å²) in [7, 11) is 0. The molecular weight excluding hydrogens is 180 g/mol. The van der Waals surface area contributed by atoms with Gasteiger partial charge in [-0.25, -0.2) is 0 Å². The van der Waals surface area contributed by atoms with E-state index in [9.17, 15) is 4.79 Å². The Labute approximate surface area is 75.1 Å². The molecule has 0 atom stereocenters. The minimum Gasteiger partial charge on any atom is -0.481 e. The molecule has 0 aromatic rings. The normalized spacial score (nSPS) is 20.0. The second-order valence-electron chi connectivity index (χ2n) is 2.46. The van der Waals surface area contributed by atoms with Gasteiger partial charge in [-0.05, 0) is 24.3 Å². The molecule has 0 bridgehead atoms. The van der Waals surface area contributed by atoms with Crippen molar-refractivity contribution in [2.24, 2.45) is 0 Å². The van der Waals surface area contributed by atoms with Crippen LogP contribution in [0, 0.1) is 0 Å². The van der Waals surface area contributed by atoms with E-state index in [0.29, 0.717) is 11.0 Å². The fourth-order valence-electron chi connectivity index (χ4n) is 0.945. The predicted octanol–water partition coefficient (Wildman–Crippen LogP) is 2.05. The van der Waals surface area contributed by atoms with Crippen molar-refractivity contribution in [1.82, 2.24) is 0 Å². The van der Waals surface area contributed by atoms with Crippen LogP contribution in [0.25, 0.3) is 0 Å². The smallest absolute Gasteiger partial charge is 0.303 e. The third-order valence-electron chi connectivity index (χ3n) is 1.49. The number of carboxylic acid groups (broad SMARTS) is 1. The Morgan fingerprint density at radius 2 is 2.09 bits per heavy atom. The lowest BCUT2D eigenvalue weighted by atomic mass is 10.3. The molecule has 0 unspecified atom stereocenters. The molecule has 64 valence electrons. The molecule has 0 aromatic carbocycles. The molecule has 0 aliphatic carbocycles. The summed E-state index contributed by atoms with van der Waals surface area (Å²) in [6, 6.07) is 0. The minimum atomic E-state index is -0.670. The maximum absolute atomic E-state index is 10.2. The molecule has 1 heterocycles. The highest BCUT2D eigenvalue weighted by Crippen LogP contribution is 2.33. The second-order valence-corrected chi connectivity index (χ2v) is 5.38. The lowest BCUT2D eigenvalue weighted by Gasteiger charge is -2.19. The van der Waals surface area contributed by atoms with E-state index in [0.717, 1.165) is 6.42 Å². The summed E-state index contributed by atoms with van der Waals surface area (Å²) < 4.78 is 0.542. The Morgan fingerprint density at radius 1 is 1.45 bits per heavy atom. The van der Waals surface area contributed by atoms with Gasteiger partial charge in [0.15, 0.2) is 0 Å². The number of carboxylic acids is 1. The molecule has 2 nitrogen and oxygen atoms in total. The number of hydrogen-bond acceptors (Lipinski definition) is 3. The van der Waals surface area contributed by atoms with E-state index >= 15 is 0 Å². The minimum absolute atomic E-state index is 0.324. The molecule has 0 amide bonds. The predicted molar refractivity (Wildman–Crippen MR) is 50.2 cm³/mol. The molecule has 0 aromatic heterocycles. The van der Waals surface area contributed by atoms with Crippen molar-refractivity contribution in [2.75, 3.05) is 11.5 Å². The highest BCUT2D eigenvalue weighted by Gasteiger charge is 2.14. The maximum Gasteiger partial charge on any atom is 0.303 e. The van der Waals surface area contributed by atoms with Crippen LogP contribution in [-0.4, -0.2) is 27.2 Å². The highest BCUT2D eigenvalue weighted by molar-refractivity contribution is 8.17. The number of thioether (sulfide) groups is 2. The van der Waals surface area contributed by atoms with Crippen LogP contribution in [0.15, 0.2) is 0 Å². The molecule has 1 aliphatic heterocycles. The van der Waals surface area contributed by atoms with Gasteiger partial charge in [0.05, 0.1) is 4.58 Å². The molecule has 1 saturated heterocycles. The van der Waals surface area contributed by atoms with Gasteiger partial charge in [0.2, 0.25) is 0 Å². The fourth-order valence-corrected chi connectivity index (χ4v) is 3.81. The molecule has 1 fully saturated rings. The second kappa shape index (κ2) is 4.93. The first-order valence-corrected chi connectivity index (χ1v) is 5.84. The zero-order valence-corrected chi connectivity index (χ0v) is 7.92. The Kier molecular flexibility index (Phi) is 4.15. The Balaban J connectivity index is 2.09. The molecule has 0 saturated carbocycles. The topological polar surface area (TPSA) is 37.3 Å². The molecule has 11 heavy (non-hydrogen) atoms. The van der Waals surface area contributed by atoms with E-state index in [1.807, 2.05) is 23.5 Å². The summed E-state index contributed by atoms with van der Waals surface area (Å²) in [5.74, 6) is 1.74. The summed E-state index contributed by atoms with van der Waals surface area (Å²) in [4.78, 5) is 10.2. The maximum atomic E-state index is 10.2. The largest absolute Gasteiger partial charge is 0.481 e. The zero-order chi connectivity index (χ0) is 8.10. The van der Waals surface area contributed by atoms with Crippen molar-refractivity contribution in [1.29, 1.82) is 0 Å². The van der Waals surface area contributed by atoms with Crippen LogP contribution in [-0.2, 0) is 4.79 Å². The first-order chi connectivity index (χ1) is 5.29. The van der Waals surface area contributed by atoms with Crippen molar-refractivity contribution >= 4 is 29.5 Å². The number of hydrogen-bond donors (Lipinski definition) is 1. The van der Waals surface area contributed by atoms with Gasteiger partial charge in [0.25, 0.3) is 0 Å². The van der Waals surface area contributed by atoms with E-state index in [2.05, 4.69) is 0 Å². The molecule has 1 N–H and O–H groups in total. The molecule has 4 heteroatoms. The third kappa shape index (κ3) is 3.91. The Hall–Kier alpha value is 0.170. The molecule has 1 aliphatic rings. The number of rotatable bonds is 3. The monoisotopic (exact) mass is 192 g/mol. The van der Waals surface area contributed by atoms with Gasteiger partial charge in [0.1, 0.15) is 0 Å². The lowest BCUT2D eigenvalue weighted by molar-refractivity contribution is -0.137. The van der Waals surface area contributed by atoms with Crippen molar-refractivity contribution in [3.63, 3.8) is 0 Å². The van der Waals surface area contributed by atoms with Gasteiger partial charge < -0.3 is 5.11 Å². The highest BCUT2D eigenvalue weighted by atomic mass is 32.2. The SMILES string of the molecule is O=C(O)CCC1SCCCS1. The van der Waals surface area contributed by atoms with Gasteiger partial charge in [-0.2, -0.15) is 0 Å². The summed E-state index contributed by atoms with van der Waals surface area (Å²) in [5, 5.41) is 8.43. The summed E-state index contributed by atoms with van der Waals surface area (Å²) in [5.41, 5.74) is 0. The van der Waals surface area contributed by atoms with E-state index in [1.165, 1.54) is 17.9 Å². The van der Waals surface area contributed by atoms with Crippen LogP contribution in [0.4, 0.5) is 0 Å². The average Bonchev–Trinajstić information content (AvgIpc) is 2.03. The summed E-state index contributed by atoms with van der Waals surface area (Å²) >= 11 is 3.81. The summed E-state index contributed by atoms with van der Waals surface area (Å²) in [6.45, 7) is 0. The molecule has 0 radical (unpaired) electrons. The van der Waals surface area contributed by atoms with Gasteiger partial charge in [-0.3, -0.25) is 4.79 Å². The standard InChI is InChI=1S/C7H12O2S2/c8-6(9)2-3-7-10-4-1-5-11-7/h7H,1-5H2,(H,8,9). The van der Waals surface area contributed by atoms with Crippen LogP contribution in [0.2, 0.25) is 0 Å². The fraction of sp³-hybridized carbons (Fsp3) is 0.857. The van der Waals surface area contributed by atoms with Crippen LogP contribution >= 0.6 is 23.5 Å². The van der Waals surface area contributed by atoms with Crippen LogP contribution in [0.1, 0.15) is 19.3 Å². The Bertz CT molecular complexity index is 132.